The number of hydrogen-bond donors (Lipinski definition) is 1. The van der Waals surface area contributed by atoms with Gasteiger partial charge in [0.05, 0.1) is 5.69 Å². The van der Waals surface area contributed by atoms with E-state index < -0.39 is 0 Å². The number of nitrogens with one attached hydrogen (secondary N) is 1. The van der Waals surface area contributed by atoms with Gasteiger partial charge in [-0.1, -0.05) is 11.6 Å². The van der Waals surface area contributed by atoms with Gasteiger partial charge >= 0.3 is 0 Å². The SMILES string of the molecule is Cc1cc(C(=O)Nc2cccnc2Br)cc(Cl)n1. The van der Waals surface area contributed by atoms with Crippen molar-refractivity contribution >= 4 is 39.1 Å². The van der Waals surface area contributed by atoms with Crippen molar-refractivity contribution in [3.05, 3.63) is 51.5 Å². The Labute approximate surface area is 118 Å². The first kappa shape index (κ1) is 13.0. The zero-order valence-corrected chi connectivity index (χ0v) is 11.8. The Morgan fingerprint density at radius 3 is 2.89 bits per heavy atom. The highest BCUT2D eigenvalue weighted by Gasteiger charge is 2.10. The predicted octanol–water partition coefficient (Wildman–Crippen LogP) is 3.45. The number of carbonyl (C=O) groups is 1. The van der Waals surface area contributed by atoms with E-state index in [9.17, 15) is 4.79 Å². The molecule has 0 saturated heterocycles. The molecule has 2 aromatic rings. The van der Waals surface area contributed by atoms with Gasteiger partial charge in [-0.2, -0.15) is 0 Å². The molecule has 2 heterocycles. The summed E-state index contributed by atoms with van der Waals surface area (Å²) in [6.07, 6.45) is 1.63. The van der Waals surface area contributed by atoms with Crippen molar-refractivity contribution in [1.29, 1.82) is 0 Å². The standard InChI is InChI=1S/C12H9BrClN3O/c1-7-5-8(6-10(14)16-7)12(18)17-9-3-2-4-15-11(9)13/h2-6H,1H3,(H,17,18). The molecule has 2 rings (SSSR count). The molecule has 0 unspecified atom stereocenters. The number of anilines is 1. The van der Waals surface area contributed by atoms with Gasteiger partial charge in [0.2, 0.25) is 0 Å². The maximum Gasteiger partial charge on any atom is 0.255 e. The molecule has 0 spiro atoms. The Morgan fingerprint density at radius 1 is 1.44 bits per heavy atom. The molecule has 0 aromatic carbocycles. The van der Waals surface area contributed by atoms with Crippen molar-refractivity contribution in [2.24, 2.45) is 0 Å². The lowest BCUT2D eigenvalue weighted by atomic mass is 10.2. The first-order chi connectivity index (χ1) is 8.56. The third-order valence-electron chi connectivity index (χ3n) is 2.19. The van der Waals surface area contributed by atoms with Crippen LogP contribution in [0.3, 0.4) is 0 Å². The fraction of sp³-hybridized carbons (Fsp3) is 0.0833. The van der Waals surface area contributed by atoms with Crippen LogP contribution >= 0.6 is 27.5 Å². The van der Waals surface area contributed by atoms with Crippen molar-refractivity contribution in [3.8, 4) is 0 Å². The molecule has 4 nitrogen and oxygen atoms in total. The zero-order valence-electron chi connectivity index (χ0n) is 9.45. The molecule has 0 saturated carbocycles. The summed E-state index contributed by atoms with van der Waals surface area (Å²) in [5.74, 6) is -0.254. The van der Waals surface area contributed by atoms with Crippen LogP contribution in [0, 0.1) is 6.92 Å². The summed E-state index contributed by atoms with van der Waals surface area (Å²) in [6.45, 7) is 1.78. The van der Waals surface area contributed by atoms with E-state index in [1.165, 1.54) is 6.07 Å². The molecule has 1 N–H and O–H groups in total. The largest absolute Gasteiger partial charge is 0.320 e. The van der Waals surface area contributed by atoms with Gasteiger partial charge in [-0.15, -0.1) is 0 Å². The van der Waals surface area contributed by atoms with Gasteiger partial charge in [0.15, 0.2) is 0 Å². The third-order valence-corrected chi connectivity index (χ3v) is 3.02. The lowest BCUT2D eigenvalue weighted by molar-refractivity contribution is 0.102. The van der Waals surface area contributed by atoms with Crippen molar-refractivity contribution in [2.45, 2.75) is 6.92 Å². The number of aromatic nitrogens is 2. The number of hydrogen-bond acceptors (Lipinski definition) is 3. The van der Waals surface area contributed by atoms with E-state index in [0.29, 0.717) is 26.7 Å². The number of halogens is 2. The highest BCUT2D eigenvalue weighted by atomic mass is 79.9. The van der Waals surface area contributed by atoms with Crippen LogP contribution in [-0.2, 0) is 0 Å². The average molecular weight is 327 g/mol. The Morgan fingerprint density at radius 2 is 2.22 bits per heavy atom. The summed E-state index contributed by atoms with van der Waals surface area (Å²) in [7, 11) is 0. The second kappa shape index (κ2) is 5.46. The fourth-order valence-corrected chi connectivity index (χ4v) is 2.03. The van der Waals surface area contributed by atoms with Crippen molar-refractivity contribution < 1.29 is 4.79 Å². The first-order valence-electron chi connectivity index (χ1n) is 5.12. The van der Waals surface area contributed by atoms with Crippen LogP contribution in [0.5, 0.6) is 0 Å². The number of aryl methyl sites for hydroxylation is 1. The Kier molecular flexibility index (Phi) is 3.93. The number of rotatable bonds is 2. The lowest BCUT2D eigenvalue weighted by Gasteiger charge is -2.07. The molecule has 92 valence electrons. The van der Waals surface area contributed by atoms with E-state index >= 15 is 0 Å². The molecular weight excluding hydrogens is 318 g/mol. The highest BCUT2D eigenvalue weighted by molar-refractivity contribution is 9.10. The van der Waals surface area contributed by atoms with E-state index in [1.807, 2.05) is 0 Å². The van der Waals surface area contributed by atoms with Gasteiger partial charge in [-0.3, -0.25) is 4.79 Å². The molecule has 0 atom stereocenters. The molecule has 18 heavy (non-hydrogen) atoms. The van der Waals surface area contributed by atoms with Crippen molar-refractivity contribution in [1.82, 2.24) is 9.97 Å². The van der Waals surface area contributed by atoms with Gasteiger partial charge < -0.3 is 5.32 Å². The van der Waals surface area contributed by atoms with Gasteiger partial charge in [0, 0.05) is 17.5 Å². The second-order valence-electron chi connectivity index (χ2n) is 3.62. The van der Waals surface area contributed by atoms with Crippen LogP contribution in [0.15, 0.2) is 35.1 Å². The Balaban J connectivity index is 2.25. The molecule has 6 heteroatoms. The molecule has 2 aromatic heterocycles. The van der Waals surface area contributed by atoms with E-state index in [1.54, 1.807) is 31.3 Å². The van der Waals surface area contributed by atoms with E-state index in [2.05, 4.69) is 31.2 Å². The minimum absolute atomic E-state index is 0.254. The average Bonchev–Trinajstić information content (AvgIpc) is 2.31. The summed E-state index contributed by atoms with van der Waals surface area (Å²) >= 11 is 9.08. The predicted molar refractivity (Wildman–Crippen MR) is 73.9 cm³/mol. The number of nitrogens with zero attached hydrogens (tertiary/aromatic N) is 2. The molecular formula is C12H9BrClN3O. The molecule has 0 bridgehead atoms. The van der Waals surface area contributed by atoms with E-state index in [-0.39, 0.29) is 5.91 Å². The molecule has 0 fully saturated rings. The maximum absolute atomic E-state index is 12.0. The monoisotopic (exact) mass is 325 g/mol. The first-order valence-corrected chi connectivity index (χ1v) is 6.29. The Bertz CT molecular complexity index is 583. The summed E-state index contributed by atoms with van der Waals surface area (Å²) in [4.78, 5) is 20.1. The van der Waals surface area contributed by atoms with E-state index in [0.717, 1.165) is 0 Å². The van der Waals surface area contributed by atoms with Gasteiger partial charge in [-0.05, 0) is 47.1 Å². The van der Waals surface area contributed by atoms with Crippen LogP contribution in [0.25, 0.3) is 0 Å². The minimum atomic E-state index is -0.254. The Hall–Kier alpha value is -1.46. The molecule has 0 aliphatic rings. The zero-order chi connectivity index (χ0) is 13.1. The normalized spacial score (nSPS) is 10.2. The van der Waals surface area contributed by atoms with Gasteiger partial charge in [-0.25, -0.2) is 9.97 Å². The van der Waals surface area contributed by atoms with Crippen LogP contribution in [0.2, 0.25) is 5.15 Å². The maximum atomic E-state index is 12.0. The fourth-order valence-electron chi connectivity index (χ4n) is 1.43. The van der Waals surface area contributed by atoms with Crippen LogP contribution in [0.4, 0.5) is 5.69 Å². The van der Waals surface area contributed by atoms with E-state index in [4.69, 9.17) is 11.6 Å². The van der Waals surface area contributed by atoms with Crippen molar-refractivity contribution in [3.63, 3.8) is 0 Å². The molecule has 0 radical (unpaired) electrons. The second-order valence-corrected chi connectivity index (χ2v) is 4.75. The summed E-state index contributed by atoms with van der Waals surface area (Å²) in [6, 6.07) is 6.69. The summed E-state index contributed by atoms with van der Waals surface area (Å²) in [5.41, 5.74) is 1.76. The number of pyridine rings is 2. The van der Waals surface area contributed by atoms with Gasteiger partial charge in [0.1, 0.15) is 9.76 Å². The molecule has 0 aliphatic heterocycles. The minimum Gasteiger partial charge on any atom is -0.320 e. The van der Waals surface area contributed by atoms with Gasteiger partial charge in [0.25, 0.3) is 5.91 Å². The summed E-state index contributed by atoms with van der Waals surface area (Å²) < 4.78 is 0.579. The quantitative estimate of drug-likeness (QED) is 0.860. The number of carbonyl (C=O) groups excluding carboxylic acids is 1. The molecule has 0 aliphatic carbocycles. The van der Waals surface area contributed by atoms with Crippen LogP contribution in [0.1, 0.15) is 16.1 Å². The molecule has 1 amide bonds. The van der Waals surface area contributed by atoms with Crippen LogP contribution < -0.4 is 5.32 Å². The topological polar surface area (TPSA) is 54.9 Å². The lowest BCUT2D eigenvalue weighted by Crippen LogP contribution is -2.13. The highest BCUT2D eigenvalue weighted by Crippen LogP contribution is 2.19. The summed E-state index contributed by atoms with van der Waals surface area (Å²) in [5, 5.41) is 3.04. The smallest absolute Gasteiger partial charge is 0.255 e. The van der Waals surface area contributed by atoms with Crippen molar-refractivity contribution in [2.75, 3.05) is 5.32 Å². The third kappa shape index (κ3) is 3.05. The van der Waals surface area contributed by atoms with Crippen LogP contribution in [-0.4, -0.2) is 15.9 Å². The number of amides is 1.